The van der Waals surface area contributed by atoms with Crippen molar-refractivity contribution in [1.82, 2.24) is 0 Å². The Morgan fingerprint density at radius 3 is 2.45 bits per heavy atom. The topological polar surface area (TPSA) is 17.1 Å². The van der Waals surface area contributed by atoms with Gasteiger partial charge in [0.15, 0.2) is 5.78 Å². The highest BCUT2D eigenvalue weighted by Crippen LogP contribution is 2.64. The predicted molar refractivity (Wildman–Crippen MR) is 92.2 cm³/mol. The molecule has 0 N–H and O–H groups in total. The first kappa shape index (κ1) is 13.6. The molecule has 4 rings (SSSR count). The van der Waals surface area contributed by atoms with Crippen molar-refractivity contribution >= 4 is 17.5 Å². The minimum Gasteiger partial charge on any atom is -0.289 e. The molecule has 0 spiro atoms. The predicted octanol–water partition coefficient (Wildman–Crippen LogP) is 4.68. The Morgan fingerprint density at radius 1 is 1.05 bits per heavy atom. The van der Waals surface area contributed by atoms with Gasteiger partial charge in [0, 0.05) is 16.4 Å². The number of carbonyl (C=O) groups excluding carboxylic acids is 1. The maximum Gasteiger partial charge on any atom is 0.192 e. The fourth-order valence-corrected chi connectivity index (χ4v) is 4.22. The molecule has 0 saturated carbocycles. The molecule has 22 heavy (non-hydrogen) atoms. The summed E-state index contributed by atoms with van der Waals surface area (Å²) in [7, 11) is 0. The van der Waals surface area contributed by atoms with Crippen LogP contribution in [0.1, 0.15) is 21.5 Å². The summed E-state index contributed by atoms with van der Waals surface area (Å²) in [5.74, 6) is 0.113. The molecule has 1 aliphatic carbocycles. The summed E-state index contributed by atoms with van der Waals surface area (Å²) in [5, 5.41) is 0.378. The molecule has 1 heterocycles. The van der Waals surface area contributed by atoms with Gasteiger partial charge in [-0.25, -0.2) is 0 Å². The van der Waals surface area contributed by atoms with Gasteiger partial charge in [0.25, 0.3) is 0 Å². The van der Waals surface area contributed by atoms with Crippen LogP contribution in [0.25, 0.3) is 0 Å². The number of aryl methyl sites for hydroxylation is 1. The standard InChI is InChI=1S/C20H16OS/c1-14-7-9-17(10-8-14)20-12-11-16(13-18(20)22-20)19(21)15-5-3-2-4-6-15/h2-13,18H,1H3. The van der Waals surface area contributed by atoms with Crippen LogP contribution >= 0.6 is 11.8 Å². The average molecular weight is 304 g/mol. The summed E-state index contributed by atoms with van der Waals surface area (Å²) in [4.78, 5) is 12.5. The molecule has 1 saturated heterocycles. The molecule has 2 unspecified atom stereocenters. The molecule has 2 aromatic carbocycles. The molecule has 2 aliphatic rings. The van der Waals surface area contributed by atoms with Gasteiger partial charge in [0.2, 0.25) is 0 Å². The third-order valence-corrected chi connectivity index (χ3v) is 5.85. The molecular weight excluding hydrogens is 288 g/mol. The number of Topliss-reactive ketones (excluding diaryl/α,β-unsaturated/α-hetero) is 1. The van der Waals surface area contributed by atoms with Gasteiger partial charge in [-0.1, -0.05) is 78.4 Å². The molecule has 0 aromatic heterocycles. The molecule has 1 nitrogen and oxygen atoms in total. The van der Waals surface area contributed by atoms with Gasteiger partial charge in [0.1, 0.15) is 0 Å². The number of hydrogen-bond donors (Lipinski definition) is 0. The summed E-state index contributed by atoms with van der Waals surface area (Å²) in [5.41, 5.74) is 4.17. The molecule has 108 valence electrons. The first-order valence-electron chi connectivity index (χ1n) is 7.45. The minimum absolute atomic E-state index is 0.0498. The molecule has 2 aromatic rings. The van der Waals surface area contributed by atoms with Crippen molar-refractivity contribution in [3.8, 4) is 0 Å². The quantitative estimate of drug-likeness (QED) is 0.605. The van der Waals surface area contributed by atoms with E-state index in [2.05, 4.69) is 43.3 Å². The number of carbonyl (C=O) groups is 1. The first-order valence-corrected chi connectivity index (χ1v) is 8.33. The van der Waals surface area contributed by atoms with Crippen LogP contribution in [0.4, 0.5) is 0 Å². The van der Waals surface area contributed by atoms with E-state index in [0.29, 0.717) is 5.25 Å². The molecule has 0 amide bonds. The van der Waals surface area contributed by atoms with E-state index in [9.17, 15) is 4.79 Å². The lowest BCUT2D eigenvalue weighted by Crippen LogP contribution is -2.14. The highest BCUT2D eigenvalue weighted by Gasteiger charge is 2.55. The normalized spacial score (nSPS) is 25.3. The van der Waals surface area contributed by atoms with E-state index in [-0.39, 0.29) is 10.5 Å². The number of benzene rings is 2. The zero-order valence-corrected chi connectivity index (χ0v) is 13.1. The van der Waals surface area contributed by atoms with Crippen LogP contribution in [-0.2, 0) is 4.75 Å². The second kappa shape index (κ2) is 4.99. The molecule has 1 fully saturated rings. The highest BCUT2D eigenvalue weighted by atomic mass is 32.2. The van der Waals surface area contributed by atoms with Crippen LogP contribution in [0.5, 0.6) is 0 Å². The smallest absolute Gasteiger partial charge is 0.192 e. The summed E-state index contributed by atoms with van der Waals surface area (Å²) in [6, 6.07) is 18.2. The lowest BCUT2D eigenvalue weighted by molar-refractivity contribution is 0.103. The van der Waals surface area contributed by atoms with Crippen molar-refractivity contribution in [2.24, 2.45) is 0 Å². The summed E-state index contributed by atoms with van der Waals surface area (Å²) >= 11 is 1.91. The number of allylic oxidation sites excluding steroid dienone is 2. The summed E-state index contributed by atoms with van der Waals surface area (Å²) in [6.45, 7) is 2.10. The lowest BCUT2D eigenvalue weighted by Gasteiger charge is -2.15. The Labute approximate surface area is 134 Å². The first-order chi connectivity index (χ1) is 10.7. The Bertz CT molecular complexity index is 786. The van der Waals surface area contributed by atoms with Gasteiger partial charge in [-0.15, -0.1) is 11.8 Å². The second-order valence-electron chi connectivity index (χ2n) is 5.85. The van der Waals surface area contributed by atoms with Crippen molar-refractivity contribution in [2.45, 2.75) is 16.9 Å². The van der Waals surface area contributed by atoms with Gasteiger partial charge in [-0.05, 0) is 12.5 Å². The van der Waals surface area contributed by atoms with Crippen LogP contribution in [-0.4, -0.2) is 11.0 Å². The monoisotopic (exact) mass is 304 g/mol. The molecule has 2 atom stereocenters. The second-order valence-corrected chi connectivity index (χ2v) is 7.27. The van der Waals surface area contributed by atoms with Gasteiger partial charge in [0.05, 0.1) is 4.75 Å². The van der Waals surface area contributed by atoms with Crippen molar-refractivity contribution in [3.63, 3.8) is 0 Å². The number of fused-ring (bicyclic) bond motifs is 1. The number of hydrogen-bond acceptors (Lipinski definition) is 2. The maximum absolute atomic E-state index is 12.5. The van der Waals surface area contributed by atoms with Crippen LogP contribution in [0, 0.1) is 6.92 Å². The van der Waals surface area contributed by atoms with Crippen LogP contribution < -0.4 is 0 Å². The Hall–Kier alpha value is -2.06. The molecule has 1 aliphatic heterocycles. The molecule has 0 bridgehead atoms. The van der Waals surface area contributed by atoms with E-state index in [4.69, 9.17) is 0 Å². The fourth-order valence-electron chi connectivity index (χ4n) is 2.95. The minimum atomic E-state index is 0.0498. The number of rotatable bonds is 3. The SMILES string of the molecule is Cc1ccc(C23C=CC(C(=O)c4ccccc4)=CC2S3)cc1. The van der Waals surface area contributed by atoms with E-state index < -0.39 is 0 Å². The lowest BCUT2D eigenvalue weighted by atomic mass is 9.88. The maximum atomic E-state index is 12.5. The zero-order chi connectivity index (χ0) is 15.2. The van der Waals surface area contributed by atoms with E-state index in [1.807, 2.05) is 48.2 Å². The van der Waals surface area contributed by atoms with Crippen LogP contribution in [0.2, 0.25) is 0 Å². The van der Waals surface area contributed by atoms with Crippen LogP contribution in [0.3, 0.4) is 0 Å². The molecule has 2 heteroatoms. The Kier molecular flexibility index (Phi) is 3.08. The van der Waals surface area contributed by atoms with Gasteiger partial charge in [-0.2, -0.15) is 0 Å². The Morgan fingerprint density at radius 2 is 1.77 bits per heavy atom. The molecule has 0 radical (unpaired) electrons. The van der Waals surface area contributed by atoms with Crippen molar-refractivity contribution in [1.29, 1.82) is 0 Å². The van der Waals surface area contributed by atoms with Gasteiger partial charge >= 0.3 is 0 Å². The third-order valence-electron chi connectivity index (χ3n) is 4.33. The zero-order valence-electron chi connectivity index (χ0n) is 12.3. The average Bonchev–Trinajstić information content (AvgIpc) is 3.30. The summed E-state index contributed by atoms with van der Waals surface area (Å²) < 4.78 is 0.0498. The van der Waals surface area contributed by atoms with Crippen molar-refractivity contribution in [3.05, 3.63) is 95.1 Å². The summed E-state index contributed by atoms with van der Waals surface area (Å²) in [6.07, 6.45) is 6.31. The Balaban J connectivity index is 1.60. The van der Waals surface area contributed by atoms with E-state index in [1.54, 1.807) is 0 Å². The number of thioether (sulfide) groups is 1. The van der Waals surface area contributed by atoms with E-state index in [1.165, 1.54) is 11.1 Å². The largest absolute Gasteiger partial charge is 0.289 e. The van der Waals surface area contributed by atoms with Crippen molar-refractivity contribution in [2.75, 3.05) is 0 Å². The van der Waals surface area contributed by atoms with Gasteiger partial charge in [-0.3, -0.25) is 4.79 Å². The molecular formula is C20H16OS. The van der Waals surface area contributed by atoms with E-state index >= 15 is 0 Å². The number of ketones is 1. The van der Waals surface area contributed by atoms with Gasteiger partial charge < -0.3 is 0 Å². The van der Waals surface area contributed by atoms with Crippen molar-refractivity contribution < 1.29 is 4.79 Å². The van der Waals surface area contributed by atoms with E-state index in [0.717, 1.165) is 11.1 Å². The third kappa shape index (κ3) is 2.15. The fraction of sp³-hybridized carbons (Fsp3) is 0.150. The van der Waals surface area contributed by atoms with Crippen LogP contribution in [0.15, 0.2) is 78.4 Å². The highest BCUT2D eigenvalue weighted by molar-refractivity contribution is 8.08.